The number of H-pyrrole nitrogens is 1. The van der Waals surface area contributed by atoms with E-state index in [4.69, 9.17) is 4.74 Å². The SMILES string of the molecule is O=C([C@@H]1C[C@@H](F)CN1Cc1cc2ccccc2[nH]c1=O)N1CCOCC1. The summed E-state index contributed by atoms with van der Waals surface area (Å²) in [5.41, 5.74) is 1.13. The number of alkyl halides is 1. The third-order valence-corrected chi connectivity index (χ3v) is 5.16. The fourth-order valence-corrected chi connectivity index (χ4v) is 3.80. The summed E-state index contributed by atoms with van der Waals surface area (Å²) in [6, 6.07) is 8.85. The molecule has 6 nitrogen and oxygen atoms in total. The number of carbonyl (C=O) groups is 1. The van der Waals surface area contributed by atoms with Gasteiger partial charge in [0.25, 0.3) is 5.56 Å². The molecule has 1 aromatic heterocycles. The number of likely N-dealkylation sites (tertiary alicyclic amines) is 1. The first-order chi connectivity index (χ1) is 12.6. The number of morpholine rings is 1. The molecular formula is C19H22FN3O3. The Kier molecular flexibility index (Phi) is 4.74. The Labute approximate surface area is 150 Å². The van der Waals surface area contributed by atoms with E-state index in [1.807, 2.05) is 30.3 Å². The minimum absolute atomic E-state index is 0.0642. The van der Waals surface area contributed by atoms with Crippen LogP contribution in [-0.2, 0) is 16.1 Å². The number of nitrogens with one attached hydrogen (secondary N) is 1. The Balaban J connectivity index is 1.56. The number of fused-ring (bicyclic) bond motifs is 1. The van der Waals surface area contributed by atoms with Gasteiger partial charge >= 0.3 is 0 Å². The molecule has 1 N–H and O–H groups in total. The van der Waals surface area contributed by atoms with Crippen molar-refractivity contribution in [3.63, 3.8) is 0 Å². The van der Waals surface area contributed by atoms with Crippen LogP contribution in [0.1, 0.15) is 12.0 Å². The Bertz CT molecular complexity index is 862. The minimum Gasteiger partial charge on any atom is -0.378 e. The van der Waals surface area contributed by atoms with Crippen LogP contribution in [0.4, 0.5) is 4.39 Å². The largest absolute Gasteiger partial charge is 0.378 e. The number of benzene rings is 1. The van der Waals surface area contributed by atoms with Crippen molar-refractivity contribution in [2.75, 3.05) is 32.8 Å². The van der Waals surface area contributed by atoms with Gasteiger partial charge in [0, 0.05) is 43.7 Å². The summed E-state index contributed by atoms with van der Waals surface area (Å²) < 4.78 is 19.4. The second-order valence-electron chi connectivity index (χ2n) is 6.93. The molecule has 4 rings (SSSR count). The molecule has 1 amide bonds. The molecule has 0 radical (unpaired) electrons. The monoisotopic (exact) mass is 359 g/mol. The van der Waals surface area contributed by atoms with Gasteiger partial charge in [-0.1, -0.05) is 18.2 Å². The van der Waals surface area contributed by atoms with Crippen molar-refractivity contribution in [1.82, 2.24) is 14.8 Å². The summed E-state index contributed by atoms with van der Waals surface area (Å²) in [7, 11) is 0. The van der Waals surface area contributed by atoms with E-state index in [0.29, 0.717) is 31.9 Å². The summed E-state index contributed by atoms with van der Waals surface area (Å²) in [5, 5.41) is 0.925. The molecule has 0 bridgehead atoms. The van der Waals surface area contributed by atoms with Crippen LogP contribution in [0.15, 0.2) is 35.1 Å². The fraction of sp³-hybridized carbons (Fsp3) is 0.474. The van der Waals surface area contributed by atoms with Crippen LogP contribution >= 0.6 is 0 Å². The van der Waals surface area contributed by atoms with Gasteiger partial charge in [0.1, 0.15) is 6.17 Å². The average molecular weight is 359 g/mol. The molecule has 3 heterocycles. The molecule has 0 unspecified atom stereocenters. The number of amides is 1. The summed E-state index contributed by atoms with van der Waals surface area (Å²) in [5.74, 6) is -0.0642. The van der Waals surface area contributed by atoms with Crippen molar-refractivity contribution >= 4 is 16.8 Å². The molecule has 0 saturated carbocycles. The number of aromatic nitrogens is 1. The summed E-state index contributed by atoms with van der Waals surface area (Å²) >= 11 is 0. The van der Waals surface area contributed by atoms with E-state index < -0.39 is 12.2 Å². The van der Waals surface area contributed by atoms with Gasteiger partial charge in [-0.25, -0.2) is 4.39 Å². The van der Waals surface area contributed by atoms with Crippen LogP contribution in [0.25, 0.3) is 10.9 Å². The maximum Gasteiger partial charge on any atom is 0.252 e. The molecule has 1 aromatic carbocycles. The number of carbonyl (C=O) groups excluding carboxylic acids is 1. The van der Waals surface area contributed by atoms with Crippen LogP contribution in [0.5, 0.6) is 0 Å². The molecule has 2 aliphatic rings. The molecule has 26 heavy (non-hydrogen) atoms. The molecule has 7 heteroatoms. The van der Waals surface area contributed by atoms with Gasteiger partial charge < -0.3 is 14.6 Å². The third kappa shape index (κ3) is 3.37. The number of ether oxygens (including phenoxy) is 1. The highest BCUT2D eigenvalue weighted by Crippen LogP contribution is 2.24. The Morgan fingerprint density at radius 3 is 2.85 bits per heavy atom. The van der Waals surface area contributed by atoms with Gasteiger partial charge in [-0.05, 0) is 17.5 Å². The van der Waals surface area contributed by atoms with Crippen molar-refractivity contribution < 1.29 is 13.9 Å². The number of hydrogen-bond acceptors (Lipinski definition) is 4. The van der Waals surface area contributed by atoms with Crippen molar-refractivity contribution in [1.29, 1.82) is 0 Å². The molecule has 2 atom stereocenters. The summed E-state index contributed by atoms with van der Waals surface area (Å²) in [6.45, 7) is 2.55. The van der Waals surface area contributed by atoms with Gasteiger partial charge in [-0.2, -0.15) is 0 Å². The molecule has 2 fully saturated rings. The van der Waals surface area contributed by atoms with Crippen LogP contribution in [-0.4, -0.2) is 65.8 Å². The predicted octanol–water partition coefficient (Wildman–Crippen LogP) is 1.30. The van der Waals surface area contributed by atoms with Crippen LogP contribution in [0.3, 0.4) is 0 Å². The van der Waals surface area contributed by atoms with E-state index in [0.717, 1.165) is 10.9 Å². The number of aromatic amines is 1. The van der Waals surface area contributed by atoms with Crippen molar-refractivity contribution in [2.45, 2.75) is 25.2 Å². The van der Waals surface area contributed by atoms with Crippen LogP contribution in [0, 0.1) is 0 Å². The normalized spacial score (nSPS) is 24.3. The highest BCUT2D eigenvalue weighted by Gasteiger charge is 2.39. The maximum absolute atomic E-state index is 14.1. The molecule has 0 spiro atoms. The Hall–Kier alpha value is -2.25. The molecular weight excluding hydrogens is 337 g/mol. The van der Waals surface area contributed by atoms with E-state index >= 15 is 0 Å². The quantitative estimate of drug-likeness (QED) is 0.897. The van der Waals surface area contributed by atoms with Gasteiger partial charge in [0.15, 0.2) is 0 Å². The van der Waals surface area contributed by atoms with Crippen molar-refractivity contribution in [3.8, 4) is 0 Å². The zero-order valence-electron chi connectivity index (χ0n) is 14.5. The maximum atomic E-state index is 14.1. The van der Waals surface area contributed by atoms with Crippen LogP contribution in [0.2, 0.25) is 0 Å². The molecule has 2 saturated heterocycles. The third-order valence-electron chi connectivity index (χ3n) is 5.16. The number of nitrogens with zero attached hydrogens (tertiary/aromatic N) is 2. The van der Waals surface area contributed by atoms with Gasteiger partial charge in [-0.3, -0.25) is 14.5 Å². The molecule has 0 aliphatic carbocycles. The summed E-state index contributed by atoms with van der Waals surface area (Å²) in [4.78, 5) is 31.6. The topological polar surface area (TPSA) is 65.6 Å². The molecule has 2 aromatic rings. The van der Waals surface area contributed by atoms with E-state index in [1.54, 1.807) is 9.80 Å². The number of hydrogen-bond donors (Lipinski definition) is 1. The fourth-order valence-electron chi connectivity index (χ4n) is 3.80. The number of halogens is 1. The lowest BCUT2D eigenvalue weighted by molar-refractivity contribution is -0.140. The lowest BCUT2D eigenvalue weighted by Gasteiger charge is -2.32. The van der Waals surface area contributed by atoms with Crippen molar-refractivity contribution in [3.05, 3.63) is 46.2 Å². The van der Waals surface area contributed by atoms with E-state index in [9.17, 15) is 14.0 Å². The van der Waals surface area contributed by atoms with Gasteiger partial charge in [0.05, 0.1) is 19.3 Å². The zero-order chi connectivity index (χ0) is 18.1. The molecule has 138 valence electrons. The van der Waals surface area contributed by atoms with Crippen molar-refractivity contribution in [2.24, 2.45) is 0 Å². The average Bonchev–Trinajstić information content (AvgIpc) is 3.02. The van der Waals surface area contributed by atoms with Crippen LogP contribution < -0.4 is 5.56 Å². The predicted molar refractivity (Wildman–Crippen MR) is 95.7 cm³/mol. The smallest absolute Gasteiger partial charge is 0.252 e. The second-order valence-corrected chi connectivity index (χ2v) is 6.93. The highest BCUT2D eigenvalue weighted by molar-refractivity contribution is 5.82. The van der Waals surface area contributed by atoms with Gasteiger partial charge in [-0.15, -0.1) is 0 Å². The first kappa shape index (κ1) is 17.2. The van der Waals surface area contributed by atoms with Gasteiger partial charge in [0.2, 0.25) is 5.91 Å². The minimum atomic E-state index is -1.05. The lowest BCUT2D eigenvalue weighted by atomic mass is 10.1. The first-order valence-electron chi connectivity index (χ1n) is 8.97. The van der Waals surface area contributed by atoms with E-state index in [1.165, 1.54) is 0 Å². The second kappa shape index (κ2) is 7.17. The Morgan fingerprint density at radius 2 is 2.04 bits per heavy atom. The first-order valence-corrected chi connectivity index (χ1v) is 8.97. The lowest BCUT2D eigenvalue weighted by Crippen LogP contribution is -2.49. The number of pyridine rings is 1. The summed E-state index contributed by atoms with van der Waals surface area (Å²) in [6.07, 6.45) is -0.869. The zero-order valence-corrected chi connectivity index (χ0v) is 14.5. The number of para-hydroxylation sites is 1. The highest BCUT2D eigenvalue weighted by atomic mass is 19.1. The number of rotatable bonds is 3. The Morgan fingerprint density at radius 1 is 1.27 bits per heavy atom. The van der Waals surface area contributed by atoms with E-state index in [-0.39, 0.29) is 31.0 Å². The standard InChI is InChI=1S/C19H22FN3O3/c20-15-10-17(19(25)22-5-7-26-8-6-22)23(12-15)11-14-9-13-3-1-2-4-16(13)21-18(14)24/h1-4,9,15,17H,5-8,10-12H2,(H,21,24)/t15-,17+/m1/s1. The molecule has 2 aliphatic heterocycles. The van der Waals surface area contributed by atoms with E-state index in [2.05, 4.69) is 4.98 Å².